The molecule has 2 aromatic carbocycles. The van der Waals surface area contributed by atoms with Crippen LogP contribution in [0.2, 0.25) is 0 Å². The fourth-order valence-electron chi connectivity index (χ4n) is 2.91. The molecule has 0 bridgehead atoms. The maximum absolute atomic E-state index is 12.3. The van der Waals surface area contributed by atoms with Crippen molar-refractivity contribution in [3.8, 4) is 6.07 Å². The van der Waals surface area contributed by atoms with Gasteiger partial charge >= 0.3 is 0 Å². The quantitative estimate of drug-likeness (QED) is 0.283. The first-order chi connectivity index (χ1) is 14.1. The Bertz CT molecular complexity index is 1090. The molecule has 0 saturated carbocycles. The van der Waals surface area contributed by atoms with Crippen molar-refractivity contribution in [2.45, 2.75) is 13.3 Å². The Hall–Kier alpha value is -4.05. The minimum Gasteiger partial charge on any atom is -0.389 e. The second-order valence-corrected chi connectivity index (χ2v) is 6.45. The van der Waals surface area contributed by atoms with Crippen LogP contribution in [0.1, 0.15) is 12.5 Å². The first-order valence-corrected chi connectivity index (χ1v) is 9.14. The average molecular weight is 387 g/mol. The third-order valence-electron chi connectivity index (χ3n) is 4.29. The maximum Gasteiger partial charge on any atom is 0.267 e. The molecule has 3 aromatic rings. The molecule has 0 saturated heterocycles. The average Bonchev–Trinajstić information content (AvgIpc) is 3.12. The predicted octanol–water partition coefficient (Wildman–Crippen LogP) is 3.30. The van der Waals surface area contributed by atoms with Crippen molar-refractivity contribution in [1.29, 1.82) is 5.26 Å². The number of carbonyl (C=O) groups is 2. The van der Waals surface area contributed by atoms with Gasteiger partial charge < -0.3 is 20.9 Å². The van der Waals surface area contributed by atoms with Gasteiger partial charge in [0.15, 0.2) is 0 Å². The van der Waals surface area contributed by atoms with Gasteiger partial charge in [-0.1, -0.05) is 18.2 Å². The smallest absolute Gasteiger partial charge is 0.267 e. The summed E-state index contributed by atoms with van der Waals surface area (Å²) >= 11 is 0. The number of aromatic amines is 1. The molecule has 0 radical (unpaired) electrons. The maximum atomic E-state index is 12.3. The molecule has 29 heavy (non-hydrogen) atoms. The first-order valence-electron chi connectivity index (χ1n) is 9.14. The van der Waals surface area contributed by atoms with Crippen LogP contribution in [-0.4, -0.2) is 23.3 Å². The normalized spacial score (nSPS) is 11.0. The van der Waals surface area contributed by atoms with E-state index in [0.717, 1.165) is 11.9 Å². The highest BCUT2D eigenvalue weighted by Gasteiger charge is 2.09. The zero-order chi connectivity index (χ0) is 20.6. The number of nitriles is 1. The van der Waals surface area contributed by atoms with Gasteiger partial charge in [-0.15, -0.1) is 0 Å². The SMILES string of the molecule is CC(=O)Nc1ccc(NC(=O)/C(C#N)=C\NCCc2c[nH]c3ccccc23)cc1. The van der Waals surface area contributed by atoms with Gasteiger partial charge in [0.25, 0.3) is 5.91 Å². The Kier molecular flexibility index (Phi) is 6.28. The second kappa shape index (κ2) is 9.24. The number of nitrogens with one attached hydrogen (secondary N) is 4. The monoisotopic (exact) mass is 387 g/mol. The van der Waals surface area contributed by atoms with Crippen molar-refractivity contribution in [2.24, 2.45) is 0 Å². The first kappa shape index (κ1) is 19.7. The van der Waals surface area contributed by atoms with Crippen LogP contribution in [0.25, 0.3) is 10.9 Å². The molecule has 1 heterocycles. The molecule has 0 unspecified atom stereocenters. The summed E-state index contributed by atoms with van der Waals surface area (Å²) in [6, 6.07) is 16.6. The van der Waals surface area contributed by atoms with Gasteiger partial charge in [0.1, 0.15) is 11.6 Å². The number of hydrogen-bond donors (Lipinski definition) is 4. The lowest BCUT2D eigenvalue weighted by atomic mass is 10.1. The van der Waals surface area contributed by atoms with Crippen LogP contribution in [0.4, 0.5) is 11.4 Å². The number of nitrogens with zero attached hydrogens (tertiary/aromatic N) is 1. The van der Waals surface area contributed by atoms with E-state index in [2.05, 4.69) is 27.0 Å². The Labute approximate surface area is 168 Å². The molecular formula is C22H21N5O2. The molecule has 0 atom stereocenters. The van der Waals surface area contributed by atoms with Crippen molar-refractivity contribution in [3.63, 3.8) is 0 Å². The number of carbonyl (C=O) groups excluding carboxylic acids is 2. The van der Waals surface area contributed by atoms with Gasteiger partial charge in [0.2, 0.25) is 5.91 Å². The zero-order valence-corrected chi connectivity index (χ0v) is 16.0. The van der Waals surface area contributed by atoms with Gasteiger partial charge in [0, 0.05) is 48.1 Å². The largest absolute Gasteiger partial charge is 0.389 e. The summed E-state index contributed by atoms with van der Waals surface area (Å²) in [6.45, 7) is 2.01. The summed E-state index contributed by atoms with van der Waals surface area (Å²) < 4.78 is 0. The molecule has 0 fully saturated rings. The van der Waals surface area contributed by atoms with Crippen LogP contribution in [0, 0.1) is 11.3 Å². The number of H-pyrrole nitrogens is 1. The number of fused-ring (bicyclic) bond motifs is 1. The minimum atomic E-state index is -0.501. The molecular weight excluding hydrogens is 366 g/mol. The molecule has 0 aliphatic rings. The standard InChI is InChI=1S/C22H21N5O2/c1-15(28)26-18-6-8-19(9-7-18)27-22(29)17(12-23)13-24-11-10-16-14-25-21-5-3-2-4-20(16)21/h2-9,13-14,24-25H,10-11H2,1H3,(H,26,28)(H,27,29)/b17-13-. The zero-order valence-electron chi connectivity index (χ0n) is 16.0. The van der Waals surface area contributed by atoms with E-state index in [4.69, 9.17) is 0 Å². The van der Waals surface area contributed by atoms with Crippen LogP contribution >= 0.6 is 0 Å². The molecule has 3 rings (SSSR count). The van der Waals surface area contributed by atoms with E-state index < -0.39 is 5.91 Å². The Morgan fingerprint density at radius 1 is 1.07 bits per heavy atom. The summed E-state index contributed by atoms with van der Waals surface area (Å²) in [5, 5.41) is 18.8. The van der Waals surface area contributed by atoms with Crippen LogP contribution in [-0.2, 0) is 16.0 Å². The highest BCUT2D eigenvalue weighted by Crippen LogP contribution is 2.18. The van der Waals surface area contributed by atoms with Crippen molar-refractivity contribution in [1.82, 2.24) is 10.3 Å². The fraction of sp³-hybridized carbons (Fsp3) is 0.136. The van der Waals surface area contributed by atoms with E-state index in [1.54, 1.807) is 24.3 Å². The molecule has 7 heteroatoms. The van der Waals surface area contributed by atoms with Gasteiger partial charge in [-0.25, -0.2) is 0 Å². The summed E-state index contributed by atoms with van der Waals surface area (Å²) in [6.07, 6.45) is 4.15. The highest BCUT2D eigenvalue weighted by atomic mass is 16.2. The lowest BCUT2D eigenvalue weighted by Gasteiger charge is -2.07. The molecule has 0 spiro atoms. The summed E-state index contributed by atoms with van der Waals surface area (Å²) in [5.74, 6) is -0.672. The second-order valence-electron chi connectivity index (χ2n) is 6.45. The van der Waals surface area contributed by atoms with Crippen molar-refractivity contribution in [2.75, 3.05) is 17.2 Å². The van der Waals surface area contributed by atoms with E-state index >= 15 is 0 Å². The molecule has 146 valence electrons. The van der Waals surface area contributed by atoms with Crippen molar-refractivity contribution < 1.29 is 9.59 Å². The summed E-state index contributed by atoms with van der Waals surface area (Å²) in [4.78, 5) is 26.5. The van der Waals surface area contributed by atoms with Crippen LogP contribution < -0.4 is 16.0 Å². The van der Waals surface area contributed by atoms with E-state index in [-0.39, 0.29) is 11.5 Å². The van der Waals surface area contributed by atoms with Crippen LogP contribution in [0.5, 0.6) is 0 Å². The summed E-state index contributed by atoms with van der Waals surface area (Å²) in [7, 11) is 0. The number of benzene rings is 2. The molecule has 0 aliphatic heterocycles. The highest BCUT2D eigenvalue weighted by molar-refractivity contribution is 6.06. The number of hydrogen-bond acceptors (Lipinski definition) is 4. The van der Waals surface area contributed by atoms with Gasteiger partial charge in [0.05, 0.1) is 0 Å². The number of aromatic nitrogens is 1. The van der Waals surface area contributed by atoms with Crippen molar-refractivity contribution >= 4 is 34.1 Å². The lowest BCUT2D eigenvalue weighted by molar-refractivity contribution is -0.114. The van der Waals surface area contributed by atoms with E-state index in [1.165, 1.54) is 24.1 Å². The van der Waals surface area contributed by atoms with Gasteiger partial charge in [-0.05, 0) is 42.3 Å². The lowest BCUT2D eigenvalue weighted by Crippen LogP contribution is -2.18. The molecule has 0 aliphatic carbocycles. The Morgan fingerprint density at radius 3 is 2.45 bits per heavy atom. The molecule has 7 nitrogen and oxygen atoms in total. The third-order valence-corrected chi connectivity index (χ3v) is 4.29. The molecule has 2 amide bonds. The van der Waals surface area contributed by atoms with E-state index in [0.29, 0.717) is 17.9 Å². The third kappa shape index (κ3) is 5.23. The number of para-hydroxylation sites is 1. The van der Waals surface area contributed by atoms with Crippen LogP contribution in [0.3, 0.4) is 0 Å². The number of amides is 2. The van der Waals surface area contributed by atoms with Gasteiger partial charge in [-0.2, -0.15) is 5.26 Å². The van der Waals surface area contributed by atoms with Crippen molar-refractivity contribution in [3.05, 3.63) is 72.1 Å². The Balaban J connectivity index is 1.54. The fourth-order valence-corrected chi connectivity index (χ4v) is 2.91. The minimum absolute atomic E-state index is 0.0186. The Morgan fingerprint density at radius 2 is 1.76 bits per heavy atom. The summed E-state index contributed by atoms with van der Waals surface area (Å²) in [5.41, 5.74) is 3.40. The number of anilines is 2. The van der Waals surface area contributed by atoms with E-state index in [1.807, 2.05) is 30.5 Å². The molecule has 1 aromatic heterocycles. The van der Waals surface area contributed by atoms with E-state index in [9.17, 15) is 14.9 Å². The van der Waals surface area contributed by atoms with Crippen LogP contribution in [0.15, 0.2) is 66.5 Å². The predicted molar refractivity (Wildman–Crippen MR) is 113 cm³/mol. The van der Waals surface area contributed by atoms with Gasteiger partial charge in [-0.3, -0.25) is 9.59 Å². The number of rotatable bonds is 7. The topological polar surface area (TPSA) is 110 Å². The molecule has 4 N–H and O–H groups in total.